The summed E-state index contributed by atoms with van der Waals surface area (Å²) < 4.78 is 1.78. The van der Waals surface area contributed by atoms with Crippen LogP contribution in [-0.2, 0) is 7.05 Å². The third-order valence-electron chi connectivity index (χ3n) is 3.71. The molecule has 2 unspecified atom stereocenters. The maximum absolute atomic E-state index is 10.00. The van der Waals surface area contributed by atoms with Gasteiger partial charge in [-0.25, -0.2) is 0 Å². The van der Waals surface area contributed by atoms with E-state index in [9.17, 15) is 5.11 Å². The lowest BCUT2D eigenvalue weighted by Crippen LogP contribution is -2.37. The van der Waals surface area contributed by atoms with E-state index in [-0.39, 0.29) is 12.1 Å². The van der Waals surface area contributed by atoms with Gasteiger partial charge in [0.15, 0.2) is 0 Å². The van der Waals surface area contributed by atoms with Crippen molar-refractivity contribution in [3.05, 3.63) is 5.69 Å². The summed E-state index contributed by atoms with van der Waals surface area (Å²) >= 11 is 0. The molecule has 1 aliphatic rings. The summed E-state index contributed by atoms with van der Waals surface area (Å²) in [5, 5.41) is 17.8. The normalized spacial score (nSPS) is 24.5. The number of rotatable bonds is 3. The van der Waals surface area contributed by atoms with Crippen LogP contribution in [0.2, 0.25) is 0 Å². The van der Waals surface area contributed by atoms with Crippen LogP contribution >= 0.6 is 0 Å². The Labute approximate surface area is 108 Å². The highest BCUT2D eigenvalue weighted by Crippen LogP contribution is 2.30. The molecule has 2 rings (SSSR count). The number of hydrogen-bond acceptors (Lipinski definition) is 4. The van der Waals surface area contributed by atoms with Crippen LogP contribution < -0.4 is 11.1 Å². The van der Waals surface area contributed by atoms with E-state index in [1.165, 1.54) is 0 Å². The second kappa shape index (κ2) is 5.18. The number of aliphatic hydroxyl groups excluding tert-OH is 1. The molecule has 1 aromatic heterocycles. The Morgan fingerprint density at radius 3 is 2.61 bits per heavy atom. The number of nitrogens with one attached hydrogen (secondary N) is 1. The zero-order valence-electron chi connectivity index (χ0n) is 11.5. The average Bonchev–Trinajstić information content (AvgIpc) is 2.60. The van der Waals surface area contributed by atoms with E-state index < -0.39 is 0 Å². The molecule has 0 bridgehead atoms. The fourth-order valence-electron chi connectivity index (χ4n) is 2.61. The molecule has 1 saturated carbocycles. The number of anilines is 2. The van der Waals surface area contributed by atoms with Crippen LogP contribution in [0.1, 0.15) is 51.1 Å². The lowest BCUT2D eigenvalue weighted by molar-refractivity contribution is 0.116. The maximum Gasteiger partial charge on any atom is 0.148 e. The van der Waals surface area contributed by atoms with Gasteiger partial charge in [0.25, 0.3) is 0 Å². The molecule has 0 spiro atoms. The van der Waals surface area contributed by atoms with E-state index >= 15 is 0 Å². The zero-order valence-corrected chi connectivity index (χ0v) is 11.5. The van der Waals surface area contributed by atoms with Crippen LogP contribution in [0.15, 0.2) is 0 Å². The van der Waals surface area contributed by atoms with Gasteiger partial charge < -0.3 is 16.2 Å². The SMILES string of the molecule is CC(C)c1nn(C)c(NC2CCCCC2O)c1N. The molecular formula is C13H24N4O. The summed E-state index contributed by atoms with van der Waals surface area (Å²) in [5.41, 5.74) is 7.78. The minimum atomic E-state index is -0.282. The standard InChI is InChI=1S/C13H24N4O/c1-8(2)12-11(14)13(17(3)16-12)15-9-6-4-5-7-10(9)18/h8-10,15,18H,4-7,14H2,1-3H3. The van der Waals surface area contributed by atoms with Crippen molar-refractivity contribution in [1.29, 1.82) is 0 Å². The minimum absolute atomic E-state index is 0.0939. The predicted molar refractivity (Wildman–Crippen MR) is 73.6 cm³/mol. The average molecular weight is 252 g/mol. The molecule has 1 aromatic rings. The number of nitrogens with zero attached hydrogens (tertiary/aromatic N) is 2. The molecule has 4 N–H and O–H groups in total. The molecule has 1 heterocycles. The van der Waals surface area contributed by atoms with Crippen molar-refractivity contribution in [1.82, 2.24) is 9.78 Å². The second-order valence-electron chi connectivity index (χ2n) is 5.53. The maximum atomic E-state index is 10.00. The van der Waals surface area contributed by atoms with E-state index in [1.807, 2.05) is 7.05 Å². The Bertz CT molecular complexity index is 413. The third-order valence-corrected chi connectivity index (χ3v) is 3.71. The van der Waals surface area contributed by atoms with Crippen molar-refractivity contribution in [3.63, 3.8) is 0 Å². The van der Waals surface area contributed by atoms with Crippen molar-refractivity contribution in [2.45, 2.75) is 57.6 Å². The first-order valence-electron chi connectivity index (χ1n) is 6.77. The summed E-state index contributed by atoms with van der Waals surface area (Å²) in [4.78, 5) is 0. The highest BCUT2D eigenvalue weighted by Gasteiger charge is 2.25. The number of aliphatic hydroxyl groups is 1. The molecule has 0 amide bonds. The van der Waals surface area contributed by atoms with Crippen LogP contribution in [0.5, 0.6) is 0 Å². The van der Waals surface area contributed by atoms with E-state index in [0.717, 1.165) is 37.2 Å². The van der Waals surface area contributed by atoms with Gasteiger partial charge in [0.2, 0.25) is 0 Å². The van der Waals surface area contributed by atoms with Gasteiger partial charge in [-0.2, -0.15) is 5.10 Å². The molecule has 18 heavy (non-hydrogen) atoms. The third kappa shape index (κ3) is 2.46. The molecule has 1 fully saturated rings. The van der Waals surface area contributed by atoms with Gasteiger partial charge in [0.1, 0.15) is 5.82 Å². The Morgan fingerprint density at radius 2 is 2.06 bits per heavy atom. The molecule has 0 saturated heterocycles. The Hall–Kier alpha value is -1.23. The monoisotopic (exact) mass is 252 g/mol. The summed E-state index contributed by atoms with van der Waals surface area (Å²) in [5.74, 6) is 1.15. The molecule has 1 aliphatic carbocycles. The van der Waals surface area contributed by atoms with Crippen LogP contribution in [0.4, 0.5) is 11.5 Å². The number of hydrogen-bond donors (Lipinski definition) is 3. The van der Waals surface area contributed by atoms with Crippen LogP contribution in [-0.4, -0.2) is 27.0 Å². The summed E-state index contributed by atoms with van der Waals surface area (Å²) in [6.07, 6.45) is 3.84. The lowest BCUT2D eigenvalue weighted by atomic mass is 9.92. The van der Waals surface area contributed by atoms with Crippen molar-refractivity contribution >= 4 is 11.5 Å². The highest BCUT2D eigenvalue weighted by atomic mass is 16.3. The second-order valence-corrected chi connectivity index (χ2v) is 5.53. The molecule has 0 radical (unpaired) electrons. The van der Waals surface area contributed by atoms with Gasteiger partial charge in [0.05, 0.1) is 23.5 Å². The lowest BCUT2D eigenvalue weighted by Gasteiger charge is -2.29. The molecular weight excluding hydrogens is 228 g/mol. The highest BCUT2D eigenvalue weighted by molar-refractivity contribution is 5.66. The van der Waals surface area contributed by atoms with Crippen molar-refractivity contribution < 1.29 is 5.11 Å². The Balaban J connectivity index is 2.18. The molecule has 0 aliphatic heterocycles. The van der Waals surface area contributed by atoms with Gasteiger partial charge in [-0.3, -0.25) is 4.68 Å². The minimum Gasteiger partial charge on any atom is -0.394 e. The van der Waals surface area contributed by atoms with Gasteiger partial charge >= 0.3 is 0 Å². The first-order chi connectivity index (χ1) is 8.50. The van der Waals surface area contributed by atoms with Crippen molar-refractivity contribution in [2.24, 2.45) is 7.05 Å². The first kappa shape index (κ1) is 13.2. The fourth-order valence-corrected chi connectivity index (χ4v) is 2.61. The fraction of sp³-hybridized carbons (Fsp3) is 0.769. The number of aryl methyl sites for hydroxylation is 1. The summed E-state index contributed by atoms with van der Waals surface area (Å²) in [6, 6.07) is 0.0939. The Morgan fingerprint density at radius 1 is 1.39 bits per heavy atom. The topological polar surface area (TPSA) is 76.1 Å². The predicted octanol–water partition coefficient (Wildman–Crippen LogP) is 1.84. The molecule has 0 aromatic carbocycles. The van der Waals surface area contributed by atoms with Crippen LogP contribution in [0.25, 0.3) is 0 Å². The molecule has 102 valence electrons. The van der Waals surface area contributed by atoms with Gasteiger partial charge in [0, 0.05) is 7.05 Å². The van der Waals surface area contributed by atoms with Crippen LogP contribution in [0, 0.1) is 0 Å². The van der Waals surface area contributed by atoms with Gasteiger partial charge in [-0.15, -0.1) is 0 Å². The van der Waals surface area contributed by atoms with Crippen molar-refractivity contribution in [2.75, 3.05) is 11.1 Å². The van der Waals surface area contributed by atoms with E-state index in [1.54, 1.807) is 4.68 Å². The molecule has 5 heteroatoms. The zero-order chi connectivity index (χ0) is 13.3. The molecule has 2 atom stereocenters. The van der Waals surface area contributed by atoms with E-state index in [0.29, 0.717) is 11.6 Å². The first-order valence-corrected chi connectivity index (χ1v) is 6.77. The van der Waals surface area contributed by atoms with Crippen LogP contribution in [0.3, 0.4) is 0 Å². The van der Waals surface area contributed by atoms with E-state index in [4.69, 9.17) is 5.73 Å². The summed E-state index contributed by atoms with van der Waals surface area (Å²) in [7, 11) is 1.89. The van der Waals surface area contributed by atoms with Crippen molar-refractivity contribution in [3.8, 4) is 0 Å². The largest absolute Gasteiger partial charge is 0.394 e. The Kier molecular flexibility index (Phi) is 3.80. The quantitative estimate of drug-likeness (QED) is 0.767. The molecule has 5 nitrogen and oxygen atoms in total. The number of nitrogen functional groups attached to an aromatic ring is 1. The number of nitrogens with two attached hydrogens (primary N) is 1. The number of aromatic nitrogens is 2. The smallest absolute Gasteiger partial charge is 0.148 e. The summed E-state index contributed by atoms with van der Waals surface area (Å²) in [6.45, 7) is 4.16. The van der Waals surface area contributed by atoms with Gasteiger partial charge in [-0.1, -0.05) is 26.7 Å². The van der Waals surface area contributed by atoms with Gasteiger partial charge in [-0.05, 0) is 18.8 Å². The van der Waals surface area contributed by atoms with E-state index in [2.05, 4.69) is 24.3 Å².